The number of amides is 1. The molecular formula is C24H20ClN7O2. The zero-order valence-corrected chi connectivity index (χ0v) is 19.1. The number of pyridine rings is 2. The van der Waals surface area contributed by atoms with Crippen molar-refractivity contribution in [2.45, 2.75) is 13.5 Å². The molecule has 0 radical (unpaired) electrons. The van der Waals surface area contributed by atoms with E-state index in [-0.39, 0.29) is 5.91 Å². The molecule has 1 amide bonds. The maximum Gasteiger partial charge on any atom is 0.270 e. The smallest absolute Gasteiger partial charge is 0.270 e. The van der Waals surface area contributed by atoms with Gasteiger partial charge in [0.25, 0.3) is 5.91 Å². The quantitative estimate of drug-likeness (QED) is 0.382. The molecule has 0 bridgehead atoms. The molecule has 1 aromatic carbocycles. The van der Waals surface area contributed by atoms with Crippen LogP contribution in [0.3, 0.4) is 0 Å². The highest BCUT2D eigenvalue weighted by Crippen LogP contribution is 2.29. The van der Waals surface area contributed by atoms with Crippen LogP contribution >= 0.6 is 11.6 Å². The first kappa shape index (κ1) is 20.6. The number of carbonyl (C=O) groups is 1. The molecule has 0 atom stereocenters. The lowest BCUT2D eigenvalue weighted by Crippen LogP contribution is -2.42. The van der Waals surface area contributed by atoms with Gasteiger partial charge >= 0.3 is 0 Å². The number of anilines is 1. The second kappa shape index (κ2) is 8.11. The second-order valence-corrected chi connectivity index (χ2v) is 8.53. The summed E-state index contributed by atoms with van der Waals surface area (Å²) in [5.74, 6) is 1.79. The van der Waals surface area contributed by atoms with Gasteiger partial charge in [-0.05, 0) is 29.7 Å². The number of carbonyl (C=O) groups excluding carboxylic acids is 1. The zero-order valence-electron chi connectivity index (χ0n) is 18.3. The number of nitrogens with one attached hydrogen (secondary N) is 1. The summed E-state index contributed by atoms with van der Waals surface area (Å²) in [5.41, 5.74) is 2.43. The van der Waals surface area contributed by atoms with Gasteiger partial charge in [-0.2, -0.15) is 4.98 Å². The van der Waals surface area contributed by atoms with Crippen LogP contribution in [0.2, 0.25) is 5.15 Å². The summed E-state index contributed by atoms with van der Waals surface area (Å²) < 4.78 is 7.13. The van der Waals surface area contributed by atoms with Crippen LogP contribution in [0.5, 0.6) is 0 Å². The molecular weight excluding hydrogens is 454 g/mol. The number of aryl methyl sites for hydroxylation is 1. The number of fused-ring (bicyclic) bond motifs is 4. The van der Waals surface area contributed by atoms with E-state index in [2.05, 4.69) is 25.4 Å². The average molecular weight is 474 g/mol. The van der Waals surface area contributed by atoms with Crippen LogP contribution in [0.1, 0.15) is 16.4 Å². The van der Waals surface area contributed by atoms with Crippen LogP contribution in [0.4, 0.5) is 5.82 Å². The first-order valence-electron chi connectivity index (χ1n) is 10.9. The first-order chi connectivity index (χ1) is 16.6. The molecule has 1 N–H and O–H groups in total. The third kappa shape index (κ3) is 3.45. The van der Waals surface area contributed by atoms with Gasteiger partial charge in [0, 0.05) is 61.8 Å². The molecule has 5 heterocycles. The minimum Gasteiger partial charge on any atom is -0.368 e. The van der Waals surface area contributed by atoms with Crippen molar-refractivity contribution >= 4 is 45.0 Å². The van der Waals surface area contributed by atoms with E-state index in [0.29, 0.717) is 48.7 Å². The number of aromatic nitrogens is 5. The Morgan fingerprint density at radius 1 is 1.09 bits per heavy atom. The fourth-order valence-corrected chi connectivity index (χ4v) is 4.65. The second-order valence-electron chi connectivity index (χ2n) is 8.17. The van der Waals surface area contributed by atoms with E-state index in [0.717, 1.165) is 33.1 Å². The van der Waals surface area contributed by atoms with Crippen molar-refractivity contribution in [3.63, 3.8) is 0 Å². The van der Waals surface area contributed by atoms with Gasteiger partial charge in [0.05, 0.1) is 5.52 Å². The number of halogens is 1. The molecule has 170 valence electrons. The number of hydrogen-bond donors (Lipinski definition) is 1. The third-order valence-electron chi connectivity index (χ3n) is 6.11. The van der Waals surface area contributed by atoms with Gasteiger partial charge in [-0.15, -0.1) is 0 Å². The van der Waals surface area contributed by atoms with Crippen molar-refractivity contribution in [2.75, 3.05) is 25.0 Å². The Bertz CT molecular complexity index is 1560. The molecule has 9 nitrogen and oxygen atoms in total. The molecule has 0 saturated heterocycles. The molecule has 0 saturated carbocycles. The Morgan fingerprint density at radius 2 is 1.97 bits per heavy atom. The van der Waals surface area contributed by atoms with E-state index in [9.17, 15) is 4.79 Å². The number of hydrogen-bond acceptors (Lipinski definition) is 7. The molecule has 5 aromatic rings. The predicted octanol–water partition coefficient (Wildman–Crippen LogP) is 4.16. The molecule has 0 aliphatic carbocycles. The predicted molar refractivity (Wildman–Crippen MR) is 129 cm³/mol. The maximum atomic E-state index is 13.1. The van der Waals surface area contributed by atoms with Gasteiger partial charge < -0.3 is 19.3 Å². The highest BCUT2D eigenvalue weighted by Gasteiger charge is 2.26. The molecule has 1 aliphatic rings. The monoisotopic (exact) mass is 473 g/mol. The third-order valence-corrected chi connectivity index (χ3v) is 6.41. The Labute approximate surface area is 199 Å². The highest BCUT2D eigenvalue weighted by atomic mass is 35.5. The lowest BCUT2D eigenvalue weighted by Gasteiger charge is -2.29. The fraction of sp³-hybridized carbons (Fsp3) is 0.208. The molecule has 6 rings (SSSR count). The van der Waals surface area contributed by atoms with Gasteiger partial charge in [-0.1, -0.05) is 28.9 Å². The molecule has 1 aliphatic heterocycles. The van der Waals surface area contributed by atoms with Crippen LogP contribution < -0.4 is 5.32 Å². The van der Waals surface area contributed by atoms with E-state index in [1.165, 1.54) is 0 Å². The van der Waals surface area contributed by atoms with Crippen LogP contribution in [-0.4, -0.2) is 55.1 Å². The average Bonchev–Trinajstić information content (AvgIpc) is 3.45. The van der Waals surface area contributed by atoms with Gasteiger partial charge in [-0.25, -0.2) is 9.97 Å². The van der Waals surface area contributed by atoms with Crippen molar-refractivity contribution in [3.8, 4) is 11.4 Å². The molecule has 0 fully saturated rings. The fourth-order valence-electron chi connectivity index (χ4n) is 4.44. The summed E-state index contributed by atoms with van der Waals surface area (Å²) in [6, 6.07) is 11.7. The lowest BCUT2D eigenvalue weighted by atomic mass is 10.1. The van der Waals surface area contributed by atoms with Crippen molar-refractivity contribution in [1.29, 1.82) is 0 Å². The van der Waals surface area contributed by atoms with Crippen LogP contribution in [0.25, 0.3) is 33.1 Å². The van der Waals surface area contributed by atoms with E-state index in [4.69, 9.17) is 16.1 Å². The Kier molecular flexibility index (Phi) is 4.91. The summed E-state index contributed by atoms with van der Waals surface area (Å²) >= 11 is 6.23. The summed E-state index contributed by atoms with van der Waals surface area (Å²) in [7, 11) is 0. The normalized spacial score (nSPS) is 13.6. The molecule has 0 unspecified atom stereocenters. The van der Waals surface area contributed by atoms with E-state index < -0.39 is 0 Å². The summed E-state index contributed by atoms with van der Waals surface area (Å²) in [6.07, 6.45) is 3.44. The van der Waals surface area contributed by atoms with Crippen LogP contribution in [-0.2, 0) is 6.54 Å². The van der Waals surface area contributed by atoms with Gasteiger partial charge in [0.15, 0.2) is 0 Å². The Hall–Kier alpha value is -3.98. The zero-order chi connectivity index (χ0) is 23.2. The number of benzene rings is 1. The summed E-state index contributed by atoms with van der Waals surface area (Å²) in [6.45, 7) is 4.21. The lowest BCUT2D eigenvalue weighted by molar-refractivity contribution is 0.0714. The molecule has 0 spiro atoms. The molecule has 34 heavy (non-hydrogen) atoms. The van der Waals surface area contributed by atoms with E-state index >= 15 is 0 Å². The Balaban J connectivity index is 1.20. The van der Waals surface area contributed by atoms with Gasteiger partial charge in [-0.3, -0.25) is 4.79 Å². The maximum absolute atomic E-state index is 13.1. The summed E-state index contributed by atoms with van der Waals surface area (Å²) in [5, 5.41) is 10.6. The van der Waals surface area contributed by atoms with Crippen molar-refractivity contribution < 1.29 is 9.32 Å². The minimum atomic E-state index is -0.0130. The van der Waals surface area contributed by atoms with Gasteiger partial charge in [0.1, 0.15) is 16.7 Å². The number of nitrogens with zero attached hydrogens (tertiary/aromatic N) is 6. The minimum absolute atomic E-state index is 0.0130. The van der Waals surface area contributed by atoms with Crippen molar-refractivity contribution in [3.05, 3.63) is 65.5 Å². The van der Waals surface area contributed by atoms with E-state index in [1.54, 1.807) is 19.3 Å². The Morgan fingerprint density at radius 3 is 2.82 bits per heavy atom. The van der Waals surface area contributed by atoms with Crippen LogP contribution in [0.15, 0.2) is 53.3 Å². The largest absolute Gasteiger partial charge is 0.368 e. The summed E-state index contributed by atoms with van der Waals surface area (Å²) in [4.78, 5) is 27.9. The van der Waals surface area contributed by atoms with Crippen molar-refractivity contribution in [2.24, 2.45) is 0 Å². The first-order valence-corrected chi connectivity index (χ1v) is 11.3. The van der Waals surface area contributed by atoms with Crippen molar-refractivity contribution in [1.82, 2.24) is 29.6 Å². The standard InChI is InChI=1S/C24H20ClN7O2/c1-14-29-22(30-34-14)16-3-2-15-4-6-27-23(17(15)12-16)28-8-9-31-10-11-32-19-5-7-26-21(25)18(19)13-20(32)24(31)33/h2-7,12-13H,8-11H2,1H3,(H,27,28). The number of rotatable bonds is 5. The SMILES string of the molecule is Cc1nc(-c2ccc3ccnc(NCCN4CCn5c(cc6c(Cl)nccc65)C4=O)c3c2)no1. The molecule has 10 heteroatoms. The van der Waals surface area contributed by atoms with Crippen LogP contribution in [0, 0.1) is 6.92 Å². The van der Waals surface area contributed by atoms with Gasteiger partial charge in [0.2, 0.25) is 11.7 Å². The topological polar surface area (TPSA) is 102 Å². The highest BCUT2D eigenvalue weighted by molar-refractivity contribution is 6.34. The molecule has 4 aromatic heterocycles. The van der Waals surface area contributed by atoms with E-state index in [1.807, 2.05) is 45.9 Å².